The van der Waals surface area contributed by atoms with Gasteiger partial charge in [0.1, 0.15) is 5.75 Å². The van der Waals surface area contributed by atoms with Gasteiger partial charge in [0.15, 0.2) is 6.61 Å². The molecule has 0 heterocycles. The second-order valence-corrected chi connectivity index (χ2v) is 6.87. The van der Waals surface area contributed by atoms with Crippen LogP contribution in [-0.4, -0.2) is 37.4 Å². The highest BCUT2D eigenvalue weighted by Crippen LogP contribution is 2.19. The Morgan fingerprint density at radius 1 is 0.862 bits per heavy atom. The smallest absolute Gasteiger partial charge is 0.259 e. The first kappa shape index (κ1) is 20.1. The Hall–Kier alpha value is -3.60. The number of nitrogens with one attached hydrogen (secondary N) is 1. The number of ether oxygens (including phenoxy) is 1. The van der Waals surface area contributed by atoms with E-state index in [4.69, 9.17) is 4.74 Å². The molecule has 0 saturated heterocycles. The number of nitrogens with zero attached hydrogens (tertiary/aromatic N) is 1. The van der Waals surface area contributed by atoms with Crippen LogP contribution in [0.4, 0.5) is 5.69 Å². The van der Waals surface area contributed by atoms with Crippen LogP contribution in [0.2, 0.25) is 0 Å². The molecule has 0 bridgehead atoms. The van der Waals surface area contributed by atoms with Gasteiger partial charge in [-0.1, -0.05) is 48.5 Å². The van der Waals surface area contributed by atoms with Crippen molar-refractivity contribution in [1.29, 1.82) is 0 Å². The predicted molar refractivity (Wildman–Crippen MR) is 114 cm³/mol. The Kier molecular flexibility index (Phi) is 6.63. The first-order valence-corrected chi connectivity index (χ1v) is 9.39. The summed E-state index contributed by atoms with van der Waals surface area (Å²) in [5.41, 5.74) is 3.43. The van der Waals surface area contributed by atoms with E-state index < -0.39 is 0 Å². The summed E-state index contributed by atoms with van der Waals surface area (Å²) in [5, 5.41) is 2.93. The maximum absolute atomic E-state index is 12.8. The van der Waals surface area contributed by atoms with E-state index in [1.165, 1.54) is 4.90 Å². The number of amides is 2. The molecule has 0 aromatic heterocycles. The fourth-order valence-electron chi connectivity index (χ4n) is 2.82. The minimum absolute atomic E-state index is 0.0223. The number of anilines is 1. The standard InChI is InChI=1S/C24H24N2O3/c1-26(2)23(27)17-29-21-14-12-20(13-15-21)25-24(28)22-11-7-6-10-19(22)16-18-8-4-3-5-9-18/h3-15H,16-17H2,1-2H3,(H,25,28). The third kappa shape index (κ3) is 5.69. The number of carbonyl (C=O) groups excluding carboxylic acids is 2. The Labute approximate surface area is 170 Å². The molecule has 0 atom stereocenters. The molecule has 0 aliphatic carbocycles. The van der Waals surface area contributed by atoms with Gasteiger partial charge in [-0.25, -0.2) is 0 Å². The highest BCUT2D eigenvalue weighted by Gasteiger charge is 2.12. The second-order valence-electron chi connectivity index (χ2n) is 6.87. The summed E-state index contributed by atoms with van der Waals surface area (Å²) in [5.74, 6) is 0.299. The Morgan fingerprint density at radius 3 is 2.21 bits per heavy atom. The van der Waals surface area contributed by atoms with Gasteiger partial charge in [-0.05, 0) is 47.9 Å². The maximum atomic E-state index is 12.8. The number of hydrogen-bond acceptors (Lipinski definition) is 3. The second kappa shape index (κ2) is 9.55. The highest BCUT2D eigenvalue weighted by molar-refractivity contribution is 6.05. The summed E-state index contributed by atoms with van der Waals surface area (Å²) in [6.07, 6.45) is 0.692. The van der Waals surface area contributed by atoms with E-state index >= 15 is 0 Å². The lowest BCUT2D eigenvalue weighted by atomic mass is 9.99. The number of carbonyl (C=O) groups is 2. The van der Waals surface area contributed by atoms with Crippen molar-refractivity contribution in [3.8, 4) is 5.75 Å². The van der Waals surface area contributed by atoms with Gasteiger partial charge in [-0.15, -0.1) is 0 Å². The van der Waals surface area contributed by atoms with Crippen molar-refractivity contribution >= 4 is 17.5 Å². The molecule has 148 valence electrons. The Morgan fingerprint density at radius 2 is 1.52 bits per heavy atom. The van der Waals surface area contributed by atoms with E-state index in [1.54, 1.807) is 38.4 Å². The van der Waals surface area contributed by atoms with E-state index in [-0.39, 0.29) is 18.4 Å². The number of hydrogen-bond donors (Lipinski definition) is 1. The average molecular weight is 388 g/mol. The van der Waals surface area contributed by atoms with Crippen LogP contribution in [0.5, 0.6) is 5.75 Å². The van der Waals surface area contributed by atoms with Crippen LogP contribution in [-0.2, 0) is 11.2 Å². The molecule has 0 aliphatic heterocycles. The van der Waals surface area contributed by atoms with E-state index in [9.17, 15) is 9.59 Å². The van der Waals surface area contributed by atoms with Crippen molar-refractivity contribution in [2.45, 2.75) is 6.42 Å². The van der Waals surface area contributed by atoms with Crippen molar-refractivity contribution in [2.24, 2.45) is 0 Å². The lowest BCUT2D eigenvalue weighted by Gasteiger charge is -2.12. The first-order valence-electron chi connectivity index (χ1n) is 9.39. The van der Waals surface area contributed by atoms with Crippen molar-refractivity contribution in [3.63, 3.8) is 0 Å². The molecule has 3 rings (SSSR count). The molecule has 2 amide bonds. The molecule has 5 heteroatoms. The number of rotatable bonds is 7. The van der Waals surface area contributed by atoms with E-state index in [0.29, 0.717) is 23.4 Å². The van der Waals surface area contributed by atoms with Crippen LogP contribution in [0.15, 0.2) is 78.9 Å². The van der Waals surface area contributed by atoms with Crippen LogP contribution in [0.1, 0.15) is 21.5 Å². The summed E-state index contributed by atoms with van der Waals surface area (Å²) in [6.45, 7) is -0.0223. The molecule has 1 N–H and O–H groups in total. The maximum Gasteiger partial charge on any atom is 0.259 e. The fraction of sp³-hybridized carbons (Fsp3) is 0.167. The van der Waals surface area contributed by atoms with Crippen molar-refractivity contribution in [1.82, 2.24) is 4.90 Å². The van der Waals surface area contributed by atoms with Crippen molar-refractivity contribution < 1.29 is 14.3 Å². The van der Waals surface area contributed by atoms with Crippen LogP contribution < -0.4 is 10.1 Å². The zero-order valence-electron chi connectivity index (χ0n) is 16.6. The van der Waals surface area contributed by atoms with Gasteiger partial charge in [0.2, 0.25) is 0 Å². The fourth-order valence-corrected chi connectivity index (χ4v) is 2.82. The van der Waals surface area contributed by atoms with Gasteiger partial charge in [-0.2, -0.15) is 0 Å². The molecule has 3 aromatic carbocycles. The predicted octanol–water partition coefficient (Wildman–Crippen LogP) is 4.00. The Bertz CT molecular complexity index is 967. The zero-order valence-corrected chi connectivity index (χ0v) is 16.6. The van der Waals surface area contributed by atoms with Gasteiger partial charge in [0.05, 0.1) is 0 Å². The van der Waals surface area contributed by atoms with Crippen LogP contribution in [0.3, 0.4) is 0 Å². The third-order valence-corrected chi connectivity index (χ3v) is 4.47. The molecule has 0 saturated carbocycles. The van der Waals surface area contributed by atoms with E-state index in [1.807, 2.05) is 42.5 Å². The van der Waals surface area contributed by atoms with Crippen LogP contribution >= 0.6 is 0 Å². The highest BCUT2D eigenvalue weighted by atomic mass is 16.5. The molecular weight excluding hydrogens is 364 g/mol. The first-order chi connectivity index (χ1) is 14.0. The molecule has 0 radical (unpaired) electrons. The number of likely N-dealkylation sites (N-methyl/N-ethyl adjacent to an activating group) is 1. The SMILES string of the molecule is CN(C)C(=O)COc1ccc(NC(=O)c2ccccc2Cc2ccccc2)cc1. The molecule has 0 spiro atoms. The van der Waals surface area contributed by atoms with Crippen molar-refractivity contribution in [3.05, 3.63) is 95.6 Å². The average Bonchev–Trinajstić information content (AvgIpc) is 2.74. The van der Waals surface area contributed by atoms with Gasteiger partial charge in [-0.3, -0.25) is 9.59 Å². The molecule has 5 nitrogen and oxygen atoms in total. The topological polar surface area (TPSA) is 58.6 Å². The number of benzene rings is 3. The summed E-state index contributed by atoms with van der Waals surface area (Å²) in [4.78, 5) is 25.9. The van der Waals surface area contributed by atoms with E-state index in [2.05, 4.69) is 17.4 Å². The minimum atomic E-state index is -0.159. The molecule has 0 aliphatic rings. The lowest BCUT2D eigenvalue weighted by molar-refractivity contribution is -0.130. The van der Waals surface area contributed by atoms with Crippen LogP contribution in [0.25, 0.3) is 0 Å². The quantitative estimate of drug-likeness (QED) is 0.666. The van der Waals surface area contributed by atoms with Gasteiger partial charge < -0.3 is 15.0 Å². The van der Waals surface area contributed by atoms with E-state index in [0.717, 1.165) is 11.1 Å². The lowest BCUT2D eigenvalue weighted by Crippen LogP contribution is -2.27. The Balaban J connectivity index is 1.65. The molecule has 3 aromatic rings. The normalized spacial score (nSPS) is 10.3. The third-order valence-electron chi connectivity index (χ3n) is 4.47. The van der Waals surface area contributed by atoms with Gasteiger partial charge in [0, 0.05) is 25.3 Å². The zero-order chi connectivity index (χ0) is 20.6. The molecule has 0 unspecified atom stereocenters. The molecule has 29 heavy (non-hydrogen) atoms. The summed E-state index contributed by atoms with van der Waals surface area (Å²) in [6, 6.07) is 24.6. The minimum Gasteiger partial charge on any atom is -0.484 e. The van der Waals surface area contributed by atoms with Crippen LogP contribution in [0, 0.1) is 0 Å². The largest absolute Gasteiger partial charge is 0.484 e. The summed E-state index contributed by atoms with van der Waals surface area (Å²) in [7, 11) is 3.36. The summed E-state index contributed by atoms with van der Waals surface area (Å²) >= 11 is 0. The van der Waals surface area contributed by atoms with Gasteiger partial charge in [0.25, 0.3) is 11.8 Å². The summed E-state index contributed by atoms with van der Waals surface area (Å²) < 4.78 is 5.46. The molecular formula is C24H24N2O3. The van der Waals surface area contributed by atoms with Gasteiger partial charge >= 0.3 is 0 Å². The van der Waals surface area contributed by atoms with Crippen molar-refractivity contribution in [2.75, 3.05) is 26.0 Å². The monoisotopic (exact) mass is 388 g/mol. The molecule has 0 fully saturated rings.